The molecule has 1 aromatic carbocycles. The van der Waals surface area contributed by atoms with Crippen molar-refractivity contribution < 1.29 is 9.90 Å². The summed E-state index contributed by atoms with van der Waals surface area (Å²) in [6, 6.07) is 5.98. The van der Waals surface area contributed by atoms with Crippen molar-refractivity contribution in [3.05, 3.63) is 34.9 Å². The Bertz CT molecular complexity index is 386. The molecule has 3 nitrogen and oxygen atoms in total. The van der Waals surface area contributed by atoms with Gasteiger partial charge in [-0.25, -0.2) is 0 Å². The van der Waals surface area contributed by atoms with Crippen LogP contribution >= 0.6 is 0 Å². The number of hydrogen-bond donors (Lipinski definition) is 1. The molecule has 0 aromatic heterocycles. The van der Waals surface area contributed by atoms with Gasteiger partial charge in [0.05, 0.1) is 6.42 Å². The third kappa shape index (κ3) is 2.83. The molecule has 0 saturated carbocycles. The van der Waals surface area contributed by atoms with Crippen molar-refractivity contribution >= 4 is 5.97 Å². The maximum absolute atomic E-state index is 10.9. The van der Waals surface area contributed by atoms with Gasteiger partial charge in [0.15, 0.2) is 0 Å². The van der Waals surface area contributed by atoms with Crippen LogP contribution in [0.2, 0.25) is 0 Å². The van der Waals surface area contributed by atoms with Crippen LogP contribution in [0.5, 0.6) is 0 Å². The lowest BCUT2D eigenvalue weighted by Gasteiger charge is -2.25. The fourth-order valence-electron chi connectivity index (χ4n) is 1.87. The van der Waals surface area contributed by atoms with Gasteiger partial charge in [-0.1, -0.05) is 18.2 Å². The summed E-state index contributed by atoms with van der Waals surface area (Å²) in [6.45, 7) is 4.09. The van der Waals surface area contributed by atoms with Gasteiger partial charge < -0.3 is 10.0 Å². The van der Waals surface area contributed by atoms with Crippen molar-refractivity contribution in [1.82, 2.24) is 4.90 Å². The summed E-state index contributed by atoms with van der Waals surface area (Å²) in [5.74, 6) is -0.764. The molecule has 1 rings (SSSR count). The van der Waals surface area contributed by atoms with Gasteiger partial charge in [-0.2, -0.15) is 0 Å². The van der Waals surface area contributed by atoms with E-state index in [1.807, 2.05) is 51.0 Å². The van der Waals surface area contributed by atoms with Crippen molar-refractivity contribution in [2.45, 2.75) is 26.3 Å². The van der Waals surface area contributed by atoms with E-state index in [1.54, 1.807) is 0 Å². The molecule has 0 saturated heterocycles. The largest absolute Gasteiger partial charge is 0.481 e. The van der Waals surface area contributed by atoms with E-state index in [-0.39, 0.29) is 12.5 Å². The standard InChI is InChI=1S/C13H19NO2/c1-9-6-5-7-11(10(9)2)12(14(3)4)8-13(15)16/h5-7,12H,8H2,1-4H3,(H,15,16). The van der Waals surface area contributed by atoms with Gasteiger partial charge in [0.2, 0.25) is 0 Å². The molecule has 1 aromatic rings. The van der Waals surface area contributed by atoms with E-state index >= 15 is 0 Å². The topological polar surface area (TPSA) is 40.5 Å². The maximum Gasteiger partial charge on any atom is 0.305 e. The fraction of sp³-hybridized carbons (Fsp3) is 0.462. The molecule has 1 N–H and O–H groups in total. The lowest BCUT2D eigenvalue weighted by Crippen LogP contribution is -2.23. The van der Waals surface area contributed by atoms with Gasteiger partial charge in [-0.05, 0) is 44.6 Å². The predicted octanol–water partition coefficient (Wildman–Crippen LogP) is 2.38. The van der Waals surface area contributed by atoms with Crippen molar-refractivity contribution in [2.24, 2.45) is 0 Å². The Morgan fingerprint density at radius 2 is 2.00 bits per heavy atom. The first-order valence-electron chi connectivity index (χ1n) is 5.37. The zero-order valence-electron chi connectivity index (χ0n) is 10.3. The van der Waals surface area contributed by atoms with E-state index < -0.39 is 5.97 Å². The highest BCUT2D eigenvalue weighted by Crippen LogP contribution is 2.26. The fourth-order valence-corrected chi connectivity index (χ4v) is 1.87. The van der Waals surface area contributed by atoms with Crippen LogP contribution in [-0.2, 0) is 4.79 Å². The summed E-state index contributed by atoms with van der Waals surface area (Å²) in [7, 11) is 3.82. The number of carboxylic acids is 1. The van der Waals surface area contributed by atoms with E-state index in [2.05, 4.69) is 0 Å². The number of aliphatic carboxylic acids is 1. The number of hydrogen-bond acceptors (Lipinski definition) is 2. The SMILES string of the molecule is Cc1cccc(C(CC(=O)O)N(C)C)c1C. The quantitative estimate of drug-likeness (QED) is 0.848. The first-order chi connectivity index (χ1) is 7.43. The summed E-state index contributed by atoms with van der Waals surface area (Å²) in [6.07, 6.45) is 0.136. The van der Waals surface area contributed by atoms with E-state index in [1.165, 1.54) is 11.1 Å². The number of rotatable bonds is 4. The highest BCUT2D eigenvalue weighted by atomic mass is 16.4. The normalized spacial score (nSPS) is 12.8. The molecule has 1 atom stereocenters. The van der Waals surface area contributed by atoms with Gasteiger partial charge in [0.1, 0.15) is 0 Å². The predicted molar refractivity (Wildman–Crippen MR) is 64.6 cm³/mol. The van der Waals surface area contributed by atoms with Crippen LogP contribution in [-0.4, -0.2) is 30.1 Å². The van der Waals surface area contributed by atoms with Crippen molar-refractivity contribution in [2.75, 3.05) is 14.1 Å². The summed E-state index contributed by atoms with van der Waals surface area (Å²) in [5.41, 5.74) is 3.49. The minimum absolute atomic E-state index is 0.0580. The Kier molecular flexibility index (Phi) is 4.07. The van der Waals surface area contributed by atoms with E-state index in [0.717, 1.165) is 5.56 Å². The van der Waals surface area contributed by atoms with E-state index in [9.17, 15) is 4.79 Å². The monoisotopic (exact) mass is 221 g/mol. The second-order valence-electron chi connectivity index (χ2n) is 4.37. The number of carbonyl (C=O) groups is 1. The average molecular weight is 221 g/mol. The third-order valence-electron chi connectivity index (χ3n) is 3.00. The molecule has 0 bridgehead atoms. The molecule has 0 amide bonds. The molecule has 1 unspecified atom stereocenters. The Morgan fingerprint density at radius 1 is 1.38 bits per heavy atom. The molecule has 0 aliphatic rings. The molecule has 0 radical (unpaired) electrons. The van der Waals surface area contributed by atoms with E-state index in [4.69, 9.17) is 5.11 Å². The maximum atomic E-state index is 10.9. The van der Waals surface area contributed by atoms with Crippen LogP contribution in [0, 0.1) is 13.8 Å². The Hall–Kier alpha value is -1.35. The number of nitrogens with zero attached hydrogens (tertiary/aromatic N) is 1. The molecule has 3 heteroatoms. The summed E-state index contributed by atoms with van der Waals surface area (Å²) in [4.78, 5) is 12.8. The van der Waals surface area contributed by atoms with Crippen molar-refractivity contribution in [3.63, 3.8) is 0 Å². The minimum Gasteiger partial charge on any atom is -0.481 e. The van der Waals surface area contributed by atoms with Crippen LogP contribution in [0.1, 0.15) is 29.2 Å². The lowest BCUT2D eigenvalue weighted by molar-refractivity contribution is -0.138. The summed E-state index contributed by atoms with van der Waals surface area (Å²) >= 11 is 0. The lowest BCUT2D eigenvalue weighted by atomic mass is 9.95. The average Bonchev–Trinajstić information content (AvgIpc) is 2.18. The Balaban J connectivity index is 3.10. The highest BCUT2D eigenvalue weighted by Gasteiger charge is 2.19. The second kappa shape index (κ2) is 5.12. The first kappa shape index (κ1) is 12.7. The van der Waals surface area contributed by atoms with Crippen molar-refractivity contribution in [3.8, 4) is 0 Å². The Morgan fingerprint density at radius 3 is 2.50 bits per heavy atom. The van der Waals surface area contributed by atoms with Gasteiger partial charge in [-0.3, -0.25) is 4.79 Å². The smallest absolute Gasteiger partial charge is 0.305 e. The van der Waals surface area contributed by atoms with Crippen LogP contribution in [0.3, 0.4) is 0 Å². The molecule has 0 spiro atoms. The zero-order valence-corrected chi connectivity index (χ0v) is 10.3. The molecule has 0 fully saturated rings. The van der Waals surface area contributed by atoms with Gasteiger partial charge in [-0.15, -0.1) is 0 Å². The van der Waals surface area contributed by atoms with Gasteiger partial charge >= 0.3 is 5.97 Å². The molecule has 0 heterocycles. The summed E-state index contributed by atoms with van der Waals surface area (Å²) in [5, 5.41) is 8.93. The van der Waals surface area contributed by atoms with E-state index in [0.29, 0.717) is 0 Å². The third-order valence-corrected chi connectivity index (χ3v) is 3.00. The molecule has 88 valence electrons. The molecule has 16 heavy (non-hydrogen) atoms. The number of benzene rings is 1. The highest BCUT2D eigenvalue weighted by molar-refractivity contribution is 5.68. The van der Waals surface area contributed by atoms with Crippen LogP contribution in [0.25, 0.3) is 0 Å². The Labute approximate surface area is 96.7 Å². The molecule has 0 aliphatic heterocycles. The molecule has 0 aliphatic carbocycles. The minimum atomic E-state index is -0.764. The summed E-state index contributed by atoms with van der Waals surface area (Å²) < 4.78 is 0. The number of carboxylic acid groups (broad SMARTS) is 1. The van der Waals surface area contributed by atoms with Crippen LogP contribution in [0.4, 0.5) is 0 Å². The van der Waals surface area contributed by atoms with Crippen LogP contribution in [0.15, 0.2) is 18.2 Å². The van der Waals surface area contributed by atoms with Gasteiger partial charge in [0, 0.05) is 6.04 Å². The molecular weight excluding hydrogens is 202 g/mol. The first-order valence-corrected chi connectivity index (χ1v) is 5.37. The number of aryl methyl sites for hydroxylation is 1. The molecular formula is C13H19NO2. The van der Waals surface area contributed by atoms with Gasteiger partial charge in [0.25, 0.3) is 0 Å². The van der Waals surface area contributed by atoms with Crippen LogP contribution < -0.4 is 0 Å². The second-order valence-corrected chi connectivity index (χ2v) is 4.37. The zero-order chi connectivity index (χ0) is 12.3. The van der Waals surface area contributed by atoms with Crippen molar-refractivity contribution in [1.29, 1.82) is 0 Å².